The third-order valence-electron chi connectivity index (χ3n) is 1.96. The minimum absolute atomic E-state index is 0.281. The summed E-state index contributed by atoms with van der Waals surface area (Å²) in [5, 5.41) is 8.63. The van der Waals surface area contributed by atoms with E-state index in [2.05, 4.69) is 24.7 Å². The van der Waals surface area contributed by atoms with Gasteiger partial charge in [0.05, 0.1) is 0 Å². The van der Waals surface area contributed by atoms with Crippen molar-refractivity contribution in [2.75, 3.05) is 32.3 Å². The molecular weight excluding hydrogens is 193 g/mol. The first kappa shape index (κ1) is 10.3. The van der Waals surface area contributed by atoms with E-state index in [4.69, 9.17) is 5.11 Å². The van der Waals surface area contributed by atoms with E-state index in [-0.39, 0.29) is 5.37 Å². The molecule has 1 unspecified atom stereocenters. The van der Waals surface area contributed by atoms with Crippen LogP contribution in [0.25, 0.3) is 0 Å². The molecule has 0 spiro atoms. The molecule has 0 amide bonds. The Morgan fingerprint density at radius 3 is 2.50 bits per heavy atom. The molecule has 0 radical (unpaired) electrons. The van der Waals surface area contributed by atoms with E-state index < -0.39 is 13.4 Å². The van der Waals surface area contributed by atoms with E-state index in [0.29, 0.717) is 0 Å². The minimum atomic E-state index is -1.42. The summed E-state index contributed by atoms with van der Waals surface area (Å²) < 4.78 is 2.17. The molecule has 0 saturated carbocycles. The van der Waals surface area contributed by atoms with Gasteiger partial charge in [0.1, 0.15) is 0 Å². The fraction of sp³-hybridized carbons (Fsp3) is 0.857. The average molecular weight is 209 g/mol. The maximum atomic E-state index is 10.8. The standard InChI is InChI=1S/C7H16NO2PS/c1-11(2,3)8-4-5-12-6(8)7(9)10/h6,11H,4-5H2,1-3H3,(H,9,10). The van der Waals surface area contributed by atoms with Crippen LogP contribution in [0.4, 0.5) is 0 Å². The van der Waals surface area contributed by atoms with E-state index in [9.17, 15) is 4.79 Å². The van der Waals surface area contributed by atoms with E-state index >= 15 is 0 Å². The molecule has 72 valence electrons. The number of carboxylic acids is 1. The van der Waals surface area contributed by atoms with Gasteiger partial charge in [0.2, 0.25) is 0 Å². The number of rotatable bonds is 2. The van der Waals surface area contributed by atoms with Crippen molar-refractivity contribution in [3.63, 3.8) is 0 Å². The molecule has 1 atom stereocenters. The topological polar surface area (TPSA) is 40.5 Å². The van der Waals surface area contributed by atoms with Crippen LogP contribution < -0.4 is 0 Å². The van der Waals surface area contributed by atoms with Crippen LogP contribution in [0, 0.1) is 0 Å². The van der Waals surface area contributed by atoms with Crippen molar-refractivity contribution in [1.29, 1.82) is 0 Å². The summed E-state index contributed by atoms with van der Waals surface area (Å²) >= 11 is 1.55. The fourth-order valence-corrected chi connectivity index (χ4v) is 5.25. The molecule has 1 heterocycles. The first-order valence-electron chi connectivity index (χ1n) is 4.04. The summed E-state index contributed by atoms with van der Waals surface area (Å²) in [6, 6.07) is 0. The van der Waals surface area contributed by atoms with Crippen LogP contribution in [0.5, 0.6) is 0 Å². The van der Waals surface area contributed by atoms with Gasteiger partial charge in [-0.3, -0.25) is 0 Å². The fourth-order valence-electron chi connectivity index (χ4n) is 1.36. The van der Waals surface area contributed by atoms with Gasteiger partial charge in [-0.1, -0.05) is 0 Å². The van der Waals surface area contributed by atoms with Crippen molar-refractivity contribution in [3.05, 3.63) is 0 Å². The van der Waals surface area contributed by atoms with Gasteiger partial charge in [-0.15, -0.1) is 0 Å². The summed E-state index contributed by atoms with van der Waals surface area (Å²) in [6.07, 6.45) is 0. The van der Waals surface area contributed by atoms with E-state index in [1.165, 1.54) is 0 Å². The number of hydrogen-bond donors (Lipinski definition) is 1. The molecule has 0 aliphatic carbocycles. The molecule has 1 fully saturated rings. The van der Waals surface area contributed by atoms with E-state index in [1.807, 2.05) is 0 Å². The number of carbonyl (C=O) groups is 1. The van der Waals surface area contributed by atoms with Crippen LogP contribution in [0.3, 0.4) is 0 Å². The van der Waals surface area contributed by atoms with Gasteiger partial charge in [-0.2, -0.15) is 0 Å². The van der Waals surface area contributed by atoms with Crippen LogP contribution in [-0.2, 0) is 4.79 Å². The second kappa shape index (κ2) is 3.52. The Morgan fingerprint density at radius 1 is 1.58 bits per heavy atom. The summed E-state index contributed by atoms with van der Waals surface area (Å²) in [7, 11) is -1.42. The average Bonchev–Trinajstić information content (AvgIpc) is 2.30. The third-order valence-corrected chi connectivity index (χ3v) is 5.55. The molecule has 1 saturated heterocycles. The molecule has 12 heavy (non-hydrogen) atoms. The maximum absolute atomic E-state index is 10.8. The number of carboxylic acid groups (broad SMARTS) is 1. The zero-order chi connectivity index (χ0) is 9.35. The normalized spacial score (nSPS) is 27.4. The molecule has 0 aromatic rings. The predicted octanol–water partition coefficient (Wildman–Crippen LogP) is 1.00. The number of thioether (sulfide) groups is 1. The van der Waals surface area contributed by atoms with Crippen molar-refractivity contribution in [2.24, 2.45) is 0 Å². The summed E-state index contributed by atoms with van der Waals surface area (Å²) in [6.45, 7) is 7.51. The molecule has 1 N–H and O–H groups in total. The van der Waals surface area contributed by atoms with Crippen molar-refractivity contribution in [1.82, 2.24) is 4.67 Å². The van der Waals surface area contributed by atoms with E-state index in [1.54, 1.807) is 11.8 Å². The van der Waals surface area contributed by atoms with E-state index in [0.717, 1.165) is 12.3 Å². The zero-order valence-corrected chi connectivity index (χ0v) is 9.52. The second-order valence-corrected chi connectivity index (χ2v) is 10.0. The third kappa shape index (κ3) is 2.12. The SMILES string of the molecule is C[PH](C)(C)N1CCSC1C(=O)O. The Kier molecular flexibility index (Phi) is 3.02. The van der Waals surface area contributed by atoms with Crippen molar-refractivity contribution in [2.45, 2.75) is 5.37 Å². The number of aliphatic carboxylic acids is 1. The van der Waals surface area contributed by atoms with Gasteiger partial charge in [0.15, 0.2) is 0 Å². The van der Waals surface area contributed by atoms with Crippen LogP contribution in [0.15, 0.2) is 0 Å². The van der Waals surface area contributed by atoms with Gasteiger partial charge in [-0.05, 0) is 0 Å². The first-order valence-corrected chi connectivity index (χ1v) is 8.53. The molecule has 0 aromatic heterocycles. The Hall–Kier alpha value is 0.210. The van der Waals surface area contributed by atoms with Gasteiger partial charge < -0.3 is 0 Å². The monoisotopic (exact) mass is 209 g/mol. The molecule has 1 aliphatic heterocycles. The Balaban J connectivity index is 2.71. The molecule has 3 nitrogen and oxygen atoms in total. The Morgan fingerprint density at radius 2 is 2.17 bits per heavy atom. The summed E-state index contributed by atoms with van der Waals surface area (Å²) in [5.41, 5.74) is 0. The number of hydrogen-bond acceptors (Lipinski definition) is 3. The number of nitrogens with zero attached hydrogens (tertiary/aromatic N) is 1. The van der Waals surface area contributed by atoms with Crippen LogP contribution in [-0.4, -0.2) is 53.4 Å². The van der Waals surface area contributed by atoms with Gasteiger partial charge >= 0.3 is 77.4 Å². The van der Waals surface area contributed by atoms with Crippen molar-refractivity contribution < 1.29 is 9.90 Å². The van der Waals surface area contributed by atoms with Crippen molar-refractivity contribution in [3.8, 4) is 0 Å². The van der Waals surface area contributed by atoms with Crippen LogP contribution in [0.2, 0.25) is 0 Å². The van der Waals surface area contributed by atoms with Gasteiger partial charge in [-0.25, -0.2) is 0 Å². The van der Waals surface area contributed by atoms with Crippen molar-refractivity contribution >= 4 is 25.1 Å². The van der Waals surface area contributed by atoms with Gasteiger partial charge in [0.25, 0.3) is 0 Å². The molecule has 1 rings (SSSR count). The van der Waals surface area contributed by atoms with Crippen LogP contribution >= 0.6 is 19.2 Å². The quantitative estimate of drug-likeness (QED) is 0.689. The first-order chi connectivity index (χ1) is 5.43. The molecule has 1 aliphatic rings. The Labute approximate surface area is 77.9 Å². The zero-order valence-electron chi connectivity index (χ0n) is 7.70. The predicted molar refractivity (Wildman–Crippen MR) is 56.7 cm³/mol. The molecule has 0 bridgehead atoms. The molecule has 5 heteroatoms. The summed E-state index contributed by atoms with van der Waals surface area (Å²) in [4.78, 5) is 10.8. The molecular formula is C7H16NO2PS. The Bertz CT molecular complexity index is 192. The second-order valence-electron chi connectivity index (χ2n) is 3.93. The molecule has 0 aromatic carbocycles. The van der Waals surface area contributed by atoms with Gasteiger partial charge in [0, 0.05) is 0 Å². The van der Waals surface area contributed by atoms with Crippen LogP contribution in [0.1, 0.15) is 0 Å². The summed E-state index contributed by atoms with van der Waals surface area (Å²) in [5.74, 6) is 0.279.